The Bertz CT molecular complexity index is 1110. The second kappa shape index (κ2) is 4.01. The van der Waals surface area contributed by atoms with Crippen LogP contribution >= 0.6 is 0 Å². The van der Waals surface area contributed by atoms with Crippen LogP contribution in [0.2, 0.25) is 0 Å². The Morgan fingerprint density at radius 3 is 2.35 bits per heavy atom. The van der Waals surface area contributed by atoms with Crippen LogP contribution in [0.5, 0.6) is 0 Å². The number of benzene rings is 4. The zero-order chi connectivity index (χ0) is 15.0. The SMILES string of the molecule is c1ccc2c(c1)-c1cc3c(ccc4ccccc43)cc1C1OC21. The van der Waals surface area contributed by atoms with Crippen LogP contribution < -0.4 is 0 Å². The van der Waals surface area contributed by atoms with E-state index in [1.165, 1.54) is 43.8 Å². The molecular weight excluding hydrogens is 280 g/mol. The van der Waals surface area contributed by atoms with Gasteiger partial charge in [0.2, 0.25) is 0 Å². The van der Waals surface area contributed by atoms with E-state index < -0.39 is 0 Å². The molecule has 0 N–H and O–H groups in total. The van der Waals surface area contributed by atoms with Gasteiger partial charge in [-0.2, -0.15) is 0 Å². The first-order chi connectivity index (χ1) is 11.4. The summed E-state index contributed by atoms with van der Waals surface area (Å²) < 4.78 is 5.97. The molecule has 1 nitrogen and oxygen atoms in total. The van der Waals surface area contributed by atoms with Crippen LogP contribution in [0, 0.1) is 0 Å². The van der Waals surface area contributed by atoms with Gasteiger partial charge in [-0.15, -0.1) is 0 Å². The number of rotatable bonds is 0. The highest BCUT2D eigenvalue weighted by Crippen LogP contribution is 2.59. The van der Waals surface area contributed by atoms with Crippen molar-refractivity contribution in [2.24, 2.45) is 0 Å². The number of epoxide rings is 1. The van der Waals surface area contributed by atoms with Crippen LogP contribution in [0.1, 0.15) is 23.3 Å². The summed E-state index contributed by atoms with van der Waals surface area (Å²) in [5.41, 5.74) is 5.35. The van der Waals surface area contributed by atoms with Crippen molar-refractivity contribution in [3.05, 3.63) is 83.9 Å². The van der Waals surface area contributed by atoms with Gasteiger partial charge in [0.05, 0.1) is 0 Å². The molecule has 2 unspecified atom stereocenters. The summed E-state index contributed by atoms with van der Waals surface area (Å²) in [6, 6.07) is 26.4. The first-order valence-electron chi connectivity index (χ1n) is 8.10. The first-order valence-corrected chi connectivity index (χ1v) is 8.10. The average Bonchev–Trinajstić information content (AvgIpc) is 3.42. The van der Waals surface area contributed by atoms with Crippen LogP contribution in [0.4, 0.5) is 0 Å². The zero-order valence-electron chi connectivity index (χ0n) is 12.5. The van der Waals surface area contributed by atoms with Crippen molar-refractivity contribution >= 4 is 21.5 Å². The number of hydrogen-bond acceptors (Lipinski definition) is 1. The molecule has 1 heterocycles. The van der Waals surface area contributed by atoms with Gasteiger partial charge in [-0.05, 0) is 55.9 Å². The Hall–Kier alpha value is -2.64. The molecule has 0 amide bonds. The van der Waals surface area contributed by atoms with E-state index in [1.54, 1.807) is 0 Å². The Labute approximate surface area is 134 Å². The van der Waals surface area contributed by atoms with Crippen LogP contribution in [0.25, 0.3) is 32.7 Å². The van der Waals surface area contributed by atoms with Gasteiger partial charge in [0.15, 0.2) is 0 Å². The molecule has 4 aromatic carbocycles. The van der Waals surface area contributed by atoms with Crippen LogP contribution in [-0.4, -0.2) is 0 Å². The van der Waals surface area contributed by atoms with Crippen LogP contribution in [0.15, 0.2) is 72.8 Å². The lowest BCUT2D eigenvalue weighted by Gasteiger charge is -2.18. The van der Waals surface area contributed by atoms with Gasteiger partial charge in [0, 0.05) is 0 Å². The molecule has 0 bridgehead atoms. The standard InChI is InChI=1S/C22H14O/c1-2-6-15-13(5-1)9-10-14-11-20-19(12-18(14)15)16-7-3-4-8-17(16)21-22(20)23-21/h1-12,21-22H. The summed E-state index contributed by atoms with van der Waals surface area (Å²) in [6.07, 6.45) is 0.507. The molecular formula is C22H14O. The summed E-state index contributed by atoms with van der Waals surface area (Å²) in [7, 11) is 0. The number of hydrogen-bond donors (Lipinski definition) is 0. The van der Waals surface area contributed by atoms with Crippen molar-refractivity contribution < 1.29 is 4.74 Å². The molecule has 1 aliphatic carbocycles. The van der Waals surface area contributed by atoms with Crippen molar-refractivity contribution in [1.82, 2.24) is 0 Å². The summed E-state index contributed by atoms with van der Waals surface area (Å²) in [4.78, 5) is 0. The fourth-order valence-corrected chi connectivity index (χ4v) is 4.12. The second-order valence-electron chi connectivity index (χ2n) is 6.51. The van der Waals surface area contributed by atoms with Crippen molar-refractivity contribution in [2.75, 3.05) is 0 Å². The minimum Gasteiger partial charge on any atom is -0.359 e. The maximum atomic E-state index is 5.97. The molecule has 2 atom stereocenters. The molecule has 1 heteroatoms. The van der Waals surface area contributed by atoms with Gasteiger partial charge in [-0.1, -0.05) is 60.7 Å². The highest BCUT2D eigenvalue weighted by atomic mass is 16.6. The third kappa shape index (κ3) is 1.50. The highest BCUT2D eigenvalue weighted by molar-refractivity contribution is 6.09. The fraction of sp³-hybridized carbons (Fsp3) is 0.0909. The Balaban J connectivity index is 1.77. The third-order valence-corrected chi connectivity index (χ3v) is 5.27. The highest BCUT2D eigenvalue weighted by Gasteiger charge is 2.47. The predicted octanol–water partition coefficient (Wildman–Crippen LogP) is 5.79. The molecule has 4 aromatic rings. The molecule has 1 fully saturated rings. The topological polar surface area (TPSA) is 12.5 Å². The largest absolute Gasteiger partial charge is 0.359 e. The molecule has 0 spiro atoms. The van der Waals surface area contributed by atoms with E-state index in [4.69, 9.17) is 4.74 Å². The lowest BCUT2D eigenvalue weighted by Crippen LogP contribution is -1.99. The molecule has 0 saturated carbocycles. The summed E-state index contributed by atoms with van der Waals surface area (Å²) in [5.74, 6) is 0. The van der Waals surface area contributed by atoms with E-state index in [0.717, 1.165) is 0 Å². The number of ether oxygens (including phenoxy) is 1. The molecule has 2 aliphatic rings. The van der Waals surface area contributed by atoms with E-state index in [2.05, 4.69) is 72.8 Å². The monoisotopic (exact) mass is 294 g/mol. The van der Waals surface area contributed by atoms with Crippen LogP contribution in [-0.2, 0) is 4.74 Å². The van der Waals surface area contributed by atoms with E-state index in [-0.39, 0.29) is 12.2 Å². The molecule has 0 radical (unpaired) electrons. The van der Waals surface area contributed by atoms with E-state index in [0.29, 0.717) is 0 Å². The normalized spacial score (nSPS) is 20.9. The maximum Gasteiger partial charge on any atom is 0.114 e. The van der Waals surface area contributed by atoms with Crippen LogP contribution in [0.3, 0.4) is 0 Å². The van der Waals surface area contributed by atoms with Gasteiger partial charge in [0.1, 0.15) is 12.2 Å². The fourth-order valence-electron chi connectivity index (χ4n) is 4.12. The van der Waals surface area contributed by atoms with Crippen molar-refractivity contribution in [3.63, 3.8) is 0 Å². The Kier molecular flexibility index (Phi) is 2.07. The molecule has 1 saturated heterocycles. The smallest absolute Gasteiger partial charge is 0.114 e. The average molecular weight is 294 g/mol. The summed E-state index contributed by atoms with van der Waals surface area (Å²) >= 11 is 0. The van der Waals surface area contributed by atoms with E-state index in [1.807, 2.05) is 0 Å². The molecule has 23 heavy (non-hydrogen) atoms. The Morgan fingerprint density at radius 2 is 1.35 bits per heavy atom. The molecule has 108 valence electrons. The Morgan fingerprint density at radius 1 is 0.565 bits per heavy atom. The first kappa shape index (κ1) is 11.9. The van der Waals surface area contributed by atoms with E-state index in [9.17, 15) is 0 Å². The summed E-state index contributed by atoms with van der Waals surface area (Å²) in [5, 5.41) is 5.25. The van der Waals surface area contributed by atoms with E-state index >= 15 is 0 Å². The van der Waals surface area contributed by atoms with Gasteiger partial charge in [-0.3, -0.25) is 0 Å². The number of fused-ring (bicyclic) bond motifs is 9. The molecule has 1 aliphatic heterocycles. The zero-order valence-corrected chi connectivity index (χ0v) is 12.5. The van der Waals surface area contributed by atoms with Crippen molar-refractivity contribution in [2.45, 2.75) is 12.2 Å². The van der Waals surface area contributed by atoms with Crippen molar-refractivity contribution in [1.29, 1.82) is 0 Å². The second-order valence-corrected chi connectivity index (χ2v) is 6.51. The minimum atomic E-state index is 0.246. The maximum absolute atomic E-state index is 5.97. The molecule has 6 rings (SSSR count). The van der Waals surface area contributed by atoms with Gasteiger partial charge >= 0.3 is 0 Å². The molecule has 0 aromatic heterocycles. The van der Waals surface area contributed by atoms with Gasteiger partial charge < -0.3 is 4.74 Å². The summed E-state index contributed by atoms with van der Waals surface area (Å²) in [6.45, 7) is 0. The quantitative estimate of drug-likeness (QED) is 0.295. The van der Waals surface area contributed by atoms with Gasteiger partial charge in [0.25, 0.3) is 0 Å². The lowest BCUT2D eigenvalue weighted by atomic mass is 9.83. The minimum absolute atomic E-state index is 0.246. The van der Waals surface area contributed by atoms with Crippen molar-refractivity contribution in [3.8, 4) is 11.1 Å². The third-order valence-electron chi connectivity index (χ3n) is 5.27. The lowest BCUT2D eigenvalue weighted by molar-refractivity contribution is 0.380. The van der Waals surface area contributed by atoms with Gasteiger partial charge in [-0.25, -0.2) is 0 Å². The predicted molar refractivity (Wildman–Crippen MR) is 93.5 cm³/mol.